The van der Waals surface area contributed by atoms with Crippen LogP contribution in [0.15, 0.2) is 18.2 Å². The Morgan fingerprint density at radius 1 is 1.20 bits per heavy atom. The maximum absolute atomic E-state index is 13.1. The fourth-order valence-electron chi connectivity index (χ4n) is 2.26. The molecule has 0 heterocycles. The van der Waals surface area contributed by atoms with Gasteiger partial charge < -0.3 is 5.11 Å². The van der Waals surface area contributed by atoms with E-state index in [9.17, 15) is 9.50 Å². The van der Waals surface area contributed by atoms with Gasteiger partial charge in [-0.15, -0.1) is 0 Å². The largest absolute Gasteiger partial charge is 0.385 e. The molecular weight excluding hydrogens is 215 g/mol. The van der Waals surface area contributed by atoms with Gasteiger partial charge in [-0.05, 0) is 31.0 Å². The zero-order chi connectivity index (χ0) is 10.9. The topological polar surface area (TPSA) is 20.2 Å². The van der Waals surface area contributed by atoms with Crippen LogP contribution in [0, 0.1) is 5.82 Å². The van der Waals surface area contributed by atoms with Gasteiger partial charge >= 0.3 is 0 Å². The summed E-state index contributed by atoms with van der Waals surface area (Å²) in [5, 5.41) is 10.9. The molecule has 0 saturated heterocycles. The van der Waals surface area contributed by atoms with Gasteiger partial charge in [0.15, 0.2) is 0 Å². The molecule has 0 aromatic heterocycles. The molecule has 1 N–H and O–H groups in total. The summed E-state index contributed by atoms with van der Waals surface area (Å²) in [5.74, 6) is -0.339. The van der Waals surface area contributed by atoms with Crippen LogP contribution in [0.5, 0.6) is 0 Å². The number of hydrogen-bond donors (Lipinski definition) is 1. The second kappa shape index (κ2) is 4.11. The van der Waals surface area contributed by atoms with Crippen molar-refractivity contribution in [1.29, 1.82) is 0 Å². The molecular formula is C12H14ClFO. The summed E-state index contributed by atoms with van der Waals surface area (Å²) in [4.78, 5) is 0. The molecule has 0 radical (unpaired) electrons. The van der Waals surface area contributed by atoms with Crippen molar-refractivity contribution in [2.24, 2.45) is 0 Å². The van der Waals surface area contributed by atoms with Crippen molar-refractivity contribution < 1.29 is 9.50 Å². The second-order valence-electron chi connectivity index (χ2n) is 4.22. The fourth-order valence-corrected chi connectivity index (χ4v) is 2.55. The highest BCUT2D eigenvalue weighted by Crippen LogP contribution is 2.40. The SMILES string of the molecule is OC1(c2cc(F)ccc2Cl)CCCCC1. The lowest BCUT2D eigenvalue weighted by Crippen LogP contribution is -2.28. The standard InChI is InChI=1S/C12H14ClFO/c13-11-5-4-9(14)8-10(11)12(15)6-2-1-3-7-12/h4-5,8,15H,1-3,6-7H2. The lowest BCUT2D eigenvalue weighted by molar-refractivity contribution is -0.000780. The third-order valence-electron chi connectivity index (χ3n) is 3.11. The molecule has 3 heteroatoms. The summed E-state index contributed by atoms with van der Waals surface area (Å²) < 4.78 is 13.1. The van der Waals surface area contributed by atoms with E-state index >= 15 is 0 Å². The van der Waals surface area contributed by atoms with Crippen molar-refractivity contribution in [2.45, 2.75) is 37.7 Å². The predicted octanol–water partition coefficient (Wildman–Crippen LogP) is 3.63. The van der Waals surface area contributed by atoms with Crippen LogP contribution < -0.4 is 0 Å². The quantitative estimate of drug-likeness (QED) is 0.778. The predicted molar refractivity (Wildman–Crippen MR) is 58.4 cm³/mol. The average molecular weight is 229 g/mol. The van der Waals surface area contributed by atoms with Crippen LogP contribution in [0.1, 0.15) is 37.7 Å². The lowest BCUT2D eigenvalue weighted by atomic mass is 9.80. The number of halogens is 2. The Bertz CT molecular complexity index is 359. The van der Waals surface area contributed by atoms with Crippen LogP contribution in [0.2, 0.25) is 5.02 Å². The van der Waals surface area contributed by atoms with Gasteiger partial charge in [-0.25, -0.2) is 4.39 Å². The monoisotopic (exact) mass is 228 g/mol. The summed E-state index contributed by atoms with van der Waals surface area (Å²) in [5.41, 5.74) is -0.374. The Kier molecular flexibility index (Phi) is 2.98. The zero-order valence-corrected chi connectivity index (χ0v) is 9.23. The van der Waals surface area contributed by atoms with E-state index in [0.29, 0.717) is 23.4 Å². The maximum Gasteiger partial charge on any atom is 0.123 e. The molecule has 1 aromatic carbocycles. The van der Waals surface area contributed by atoms with Gasteiger partial charge in [-0.2, -0.15) is 0 Å². The van der Waals surface area contributed by atoms with E-state index in [4.69, 9.17) is 11.6 Å². The smallest absolute Gasteiger partial charge is 0.123 e. The fraction of sp³-hybridized carbons (Fsp3) is 0.500. The molecule has 0 spiro atoms. The van der Waals surface area contributed by atoms with Gasteiger partial charge in [0, 0.05) is 10.6 Å². The summed E-state index contributed by atoms with van der Waals surface area (Å²) >= 11 is 5.99. The highest BCUT2D eigenvalue weighted by molar-refractivity contribution is 6.31. The molecule has 1 aliphatic carbocycles. The van der Waals surface area contributed by atoms with Crippen LogP contribution in [0.4, 0.5) is 4.39 Å². The summed E-state index contributed by atoms with van der Waals surface area (Å²) in [6.45, 7) is 0. The first-order chi connectivity index (χ1) is 7.12. The van der Waals surface area contributed by atoms with E-state index in [1.807, 2.05) is 0 Å². The normalized spacial score (nSPS) is 20.2. The van der Waals surface area contributed by atoms with Crippen LogP contribution in [-0.4, -0.2) is 5.11 Å². The average Bonchev–Trinajstić information content (AvgIpc) is 2.23. The van der Waals surface area contributed by atoms with Gasteiger partial charge in [-0.1, -0.05) is 30.9 Å². The number of benzene rings is 1. The molecule has 82 valence electrons. The van der Waals surface area contributed by atoms with Crippen molar-refractivity contribution >= 4 is 11.6 Å². The second-order valence-corrected chi connectivity index (χ2v) is 4.62. The van der Waals surface area contributed by atoms with E-state index in [0.717, 1.165) is 19.3 Å². The maximum atomic E-state index is 13.1. The van der Waals surface area contributed by atoms with Crippen molar-refractivity contribution in [2.75, 3.05) is 0 Å². The summed E-state index contributed by atoms with van der Waals surface area (Å²) in [7, 11) is 0. The number of rotatable bonds is 1. The lowest BCUT2D eigenvalue weighted by Gasteiger charge is -2.33. The van der Waals surface area contributed by atoms with E-state index in [2.05, 4.69) is 0 Å². The first kappa shape index (κ1) is 10.9. The highest BCUT2D eigenvalue weighted by Gasteiger charge is 2.33. The third kappa shape index (κ3) is 2.16. The molecule has 15 heavy (non-hydrogen) atoms. The van der Waals surface area contributed by atoms with E-state index < -0.39 is 5.60 Å². The van der Waals surface area contributed by atoms with Crippen LogP contribution in [0.3, 0.4) is 0 Å². The minimum atomic E-state index is -0.919. The van der Waals surface area contributed by atoms with Crippen LogP contribution >= 0.6 is 11.6 Å². The Morgan fingerprint density at radius 2 is 1.87 bits per heavy atom. The molecule has 0 unspecified atom stereocenters. The van der Waals surface area contributed by atoms with Gasteiger partial charge in [0.2, 0.25) is 0 Å². The van der Waals surface area contributed by atoms with E-state index in [-0.39, 0.29) is 5.82 Å². The number of aliphatic hydroxyl groups is 1. The van der Waals surface area contributed by atoms with Gasteiger partial charge in [0.25, 0.3) is 0 Å². The van der Waals surface area contributed by atoms with Crippen molar-refractivity contribution in [3.8, 4) is 0 Å². The Labute approximate surface area is 93.9 Å². The number of hydrogen-bond acceptors (Lipinski definition) is 1. The summed E-state index contributed by atoms with van der Waals surface area (Å²) in [6, 6.07) is 4.18. The van der Waals surface area contributed by atoms with Gasteiger partial charge in [0.1, 0.15) is 5.82 Å². The third-order valence-corrected chi connectivity index (χ3v) is 3.44. The molecule has 1 nitrogen and oxygen atoms in total. The molecule has 0 aliphatic heterocycles. The van der Waals surface area contributed by atoms with Crippen LogP contribution in [0.25, 0.3) is 0 Å². The van der Waals surface area contributed by atoms with Gasteiger partial charge in [0.05, 0.1) is 5.60 Å². The first-order valence-electron chi connectivity index (χ1n) is 5.30. The first-order valence-corrected chi connectivity index (χ1v) is 5.67. The Morgan fingerprint density at radius 3 is 2.53 bits per heavy atom. The molecule has 0 bridgehead atoms. The molecule has 2 rings (SSSR count). The molecule has 1 saturated carbocycles. The molecule has 1 fully saturated rings. The molecule has 1 aliphatic rings. The molecule has 1 aromatic rings. The Hall–Kier alpha value is -0.600. The zero-order valence-electron chi connectivity index (χ0n) is 8.47. The van der Waals surface area contributed by atoms with Crippen molar-refractivity contribution in [3.05, 3.63) is 34.6 Å². The van der Waals surface area contributed by atoms with E-state index in [1.54, 1.807) is 0 Å². The molecule has 0 atom stereocenters. The highest BCUT2D eigenvalue weighted by atomic mass is 35.5. The van der Waals surface area contributed by atoms with Crippen LogP contribution in [-0.2, 0) is 5.60 Å². The summed E-state index contributed by atoms with van der Waals surface area (Å²) in [6.07, 6.45) is 4.44. The van der Waals surface area contributed by atoms with Gasteiger partial charge in [-0.3, -0.25) is 0 Å². The molecule has 0 amide bonds. The minimum absolute atomic E-state index is 0.339. The minimum Gasteiger partial charge on any atom is -0.385 e. The van der Waals surface area contributed by atoms with E-state index in [1.165, 1.54) is 18.2 Å². The van der Waals surface area contributed by atoms with Crippen molar-refractivity contribution in [3.63, 3.8) is 0 Å². The van der Waals surface area contributed by atoms with Crippen molar-refractivity contribution in [1.82, 2.24) is 0 Å². The Balaban J connectivity index is 2.38.